The minimum absolute atomic E-state index is 0.291. The third-order valence-corrected chi connectivity index (χ3v) is 4.31. The fourth-order valence-electron chi connectivity index (χ4n) is 1.98. The van der Waals surface area contributed by atoms with E-state index in [0.29, 0.717) is 12.5 Å². The topological polar surface area (TPSA) is 51.2 Å². The number of carbonyl (C=O) groups excluding carboxylic acids is 1. The molecule has 2 aromatic rings. The van der Waals surface area contributed by atoms with Crippen LogP contribution in [0.3, 0.4) is 0 Å². The van der Waals surface area contributed by atoms with Crippen LogP contribution in [0.5, 0.6) is 0 Å². The van der Waals surface area contributed by atoms with Gasteiger partial charge in [-0.15, -0.1) is 11.3 Å². The lowest BCUT2D eigenvalue weighted by Crippen LogP contribution is -2.29. The van der Waals surface area contributed by atoms with Gasteiger partial charge in [-0.1, -0.05) is 44.2 Å². The maximum atomic E-state index is 11.9. The van der Waals surface area contributed by atoms with Gasteiger partial charge in [0.15, 0.2) is 0 Å². The van der Waals surface area contributed by atoms with Crippen molar-refractivity contribution in [2.75, 3.05) is 7.11 Å². The third-order valence-electron chi connectivity index (χ3n) is 3.12. The van der Waals surface area contributed by atoms with Gasteiger partial charge in [-0.3, -0.25) is 5.32 Å². The number of aromatic nitrogens is 1. The lowest BCUT2D eigenvalue weighted by atomic mass is 10.1. The summed E-state index contributed by atoms with van der Waals surface area (Å²) in [6.07, 6.45) is 0. The minimum atomic E-state index is -0.472. The molecule has 0 saturated heterocycles. The van der Waals surface area contributed by atoms with E-state index in [1.54, 1.807) is 11.3 Å². The van der Waals surface area contributed by atoms with Crippen LogP contribution in [-0.4, -0.2) is 18.1 Å². The summed E-state index contributed by atoms with van der Waals surface area (Å²) in [6.45, 7) is 4.78. The minimum Gasteiger partial charge on any atom is -0.468 e. The average Bonchev–Trinajstić information content (AvgIpc) is 2.97. The molecule has 1 aromatic carbocycles. The quantitative estimate of drug-likeness (QED) is 0.832. The first kappa shape index (κ1) is 15.7. The van der Waals surface area contributed by atoms with E-state index in [4.69, 9.17) is 4.74 Å². The lowest BCUT2D eigenvalue weighted by molar-refractivity contribution is -0.143. The Balaban J connectivity index is 2.07. The molecule has 1 aromatic heterocycles. The Hall–Kier alpha value is -1.72. The molecule has 0 spiro atoms. The molecule has 4 nitrogen and oxygen atoms in total. The van der Waals surface area contributed by atoms with Crippen LogP contribution < -0.4 is 5.32 Å². The number of hydrogen-bond donors (Lipinski definition) is 1. The second-order valence-electron chi connectivity index (χ2n) is 5.08. The van der Waals surface area contributed by atoms with Crippen LogP contribution in [0.1, 0.15) is 42.1 Å². The molecular weight excluding hydrogens is 284 g/mol. The predicted octanol–water partition coefficient (Wildman–Crippen LogP) is 3.27. The van der Waals surface area contributed by atoms with Gasteiger partial charge in [0.25, 0.3) is 0 Å². The maximum absolute atomic E-state index is 11.9. The predicted molar refractivity (Wildman–Crippen MR) is 84.2 cm³/mol. The Kier molecular flexibility index (Phi) is 5.47. The molecule has 1 atom stereocenters. The largest absolute Gasteiger partial charge is 0.468 e. The van der Waals surface area contributed by atoms with E-state index >= 15 is 0 Å². The zero-order valence-electron chi connectivity index (χ0n) is 12.5. The molecule has 0 aliphatic carbocycles. The summed E-state index contributed by atoms with van der Waals surface area (Å²) >= 11 is 1.65. The molecule has 0 fully saturated rings. The fourth-order valence-corrected chi connectivity index (χ4v) is 2.81. The number of hydrogen-bond acceptors (Lipinski definition) is 5. The Labute approximate surface area is 129 Å². The molecular formula is C16H20N2O2S. The van der Waals surface area contributed by atoms with E-state index in [1.165, 1.54) is 7.11 Å². The molecule has 0 bridgehead atoms. The van der Waals surface area contributed by atoms with E-state index < -0.39 is 6.04 Å². The molecule has 1 heterocycles. The van der Waals surface area contributed by atoms with Gasteiger partial charge in [0, 0.05) is 17.8 Å². The number of esters is 1. The smallest absolute Gasteiger partial charge is 0.327 e. The summed E-state index contributed by atoms with van der Waals surface area (Å²) < 4.78 is 4.88. The van der Waals surface area contributed by atoms with Crippen LogP contribution in [0, 0.1) is 0 Å². The van der Waals surface area contributed by atoms with Crippen LogP contribution in [0.4, 0.5) is 0 Å². The standard InChI is InChI=1S/C16H20N2O2S/c1-11(2)15-18-13(10-21-15)9-17-14(16(19)20-3)12-7-5-4-6-8-12/h4-8,10-11,14,17H,9H2,1-3H3. The van der Waals surface area contributed by atoms with Crippen molar-refractivity contribution in [3.05, 3.63) is 52.0 Å². The Morgan fingerprint density at radius 1 is 1.33 bits per heavy atom. The number of carbonyl (C=O) groups is 1. The van der Waals surface area contributed by atoms with Crippen molar-refractivity contribution in [3.8, 4) is 0 Å². The number of benzene rings is 1. The van der Waals surface area contributed by atoms with Crippen molar-refractivity contribution in [2.45, 2.75) is 32.4 Å². The molecule has 0 saturated carbocycles. The summed E-state index contributed by atoms with van der Waals surface area (Å²) in [7, 11) is 1.40. The van der Waals surface area contributed by atoms with Crippen molar-refractivity contribution >= 4 is 17.3 Å². The molecule has 0 amide bonds. The summed E-state index contributed by atoms with van der Waals surface area (Å²) in [5.41, 5.74) is 1.84. The number of methoxy groups -OCH3 is 1. The van der Waals surface area contributed by atoms with Crippen molar-refractivity contribution in [2.24, 2.45) is 0 Å². The highest BCUT2D eigenvalue weighted by atomic mass is 32.1. The average molecular weight is 304 g/mol. The highest BCUT2D eigenvalue weighted by Crippen LogP contribution is 2.20. The van der Waals surface area contributed by atoms with Crippen molar-refractivity contribution in [1.82, 2.24) is 10.3 Å². The summed E-state index contributed by atoms with van der Waals surface area (Å²) in [5, 5.41) is 6.37. The second-order valence-corrected chi connectivity index (χ2v) is 5.97. The van der Waals surface area contributed by atoms with Crippen LogP contribution >= 0.6 is 11.3 Å². The zero-order valence-corrected chi connectivity index (χ0v) is 13.3. The Morgan fingerprint density at radius 2 is 2.05 bits per heavy atom. The van der Waals surface area contributed by atoms with E-state index in [2.05, 4.69) is 24.1 Å². The number of ether oxygens (including phenoxy) is 1. The van der Waals surface area contributed by atoms with Gasteiger partial charge in [0.2, 0.25) is 0 Å². The summed E-state index contributed by atoms with van der Waals surface area (Å²) in [4.78, 5) is 16.5. The summed E-state index contributed by atoms with van der Waals surface area (Å²) in [5.74, 6) is 0.134. The van der Waals surface area contributed by atoms with Crippen molar-refractivity contribution in [1.29, 1.82) is 0 Å². The van der Waals surface area contributed by atoms with Crippen molar-refractivity contribution in [3.63, 3.8) is 0 Å². The molecule has 5 heteroatoms. The normalized spacial score (nSPS) is 12.4. The number of rotatable bonds is 6. The highest BCUT2D eigenvalue weighted by Gasteiger charge is 2.20. The monoisotopic (exact) mass is 304 g/mol. The molecule has 21 heavy (non-hydrogen) atoms. The van der Waals surface area contributed by atoms with Crippen LogP contribution in [0.25, 0.3) is 0 Å². The fraction of sp³-hybridized carbons (Fsp3) is 0.375. The molecule has 2 rings (SSSR count). The first-order chi connectivity index (χ1) is 10.1. The van der Waals surface area contributed by atoms with Gasteiger partial charge in [-0.2, -0.15) is 0 Å². The first-order valence-electron chi connectivity index (χ1n) is 6.92. The van der Waals surface area contributed by atoms with Gasteiger partial charge < -0.3 is 4.74 Å². The molecule has 112 valence electrons. The van der Waals surface area contributed by atoms with Gasteiger partial charge in [0.1, 0.15) is 6.04 Å². The maximum Gasteiger partial charge on any atom is 0.327 e. The van der Waals surface area contributed by atoms with Crippen LogP contribution in [0.2, 0.25) is 0 Å². The van der Waals surface area contributed by atoms with E-state index in [-0.39, 0.29) is 5.97 Å². The van der Waals surface area contributed by atoms with E-state index in [0.717, 1.165) is 16.3 Å². The van der Waals surface area contributed by atoms with Crippen LogP contribution in [-0.2, 0) is 16.1 Å². The Bertz CT molecular complexity index is 581. The third kappa shape index (κ3) is 4.12. The summed E-state index contributed by atoms with van der Waals surface area (Å²) in [6, 6.07) is 9.09. The van der Waals surface area contributed by atoms with Gasteiger partial charge in [-0.05, 0) is 5.56 Å². The van der Waals surface area contributed by atoms with Gasteiger partial charge in [0.05, 0.1) is 17.8 Å². The highest BCUT2D eigenvalue weighted by molar-refractivity contribution is 7.09. The van der Waals surface area contributed by atoms with E-state index in [9.17, 15) is 4.79 Å². The number of nitrogens with zero attached hydrogens (tertiary/aromatic N) is 1. The number of thiazole rings is 1. The number of nitrogens with one attached hydrogen (secondary N) is 1. The van der Waals surface area contributed by atoms with Gasteiger partial charge in [-0.25, -0.2) is 9.78 Å². The first-order valence-corrected chi connectivity index (χ1v) is 7.80. The molecule has 0 aliphatic heterocycles. The van der Waals surface area contributed by atoms with Gasteiger partial charge >= 0.3 is 5.97 Å². The molecule has 0 aliphatic rings. The Morgan fingerprint density at radius 3 is 2.62 bits per heavy atom. The molecule has 0 radical (unpaired) electrons. The lowest BCUT2D eigenvalue weighted by Gasteiger charge is -2.16. The van der Waals surface area contributed by atoms with E-state index in [1.807, 2.05) is 35.7 Å². The molecule has 1 unspecified atom stereocenters. The second kappa shape index (κ2) is 7.33. The molecule has 1 N–H and O–H groups in total. The van der Waals surface area contributed by atoms with Crippen LogP contribution in [0.15, 0.2) is 35.7 Å². The SMILES string of the molecule is COC(=O)C(NCc1csc(C(C)C)n1)c1ccccc1. The van der Waals surface area contributed by atoms with Crippen molar-refractivity contribution < 1.29 is 9.53 Å². The zero-order chi connectivity index (χ0) is 15.2.